The lowest BCUT2D eigenvalue weighted by atomic mass is 10.1. The van der Waals surface area contributed by atoms with Crippen LogP contribution in [0.4, 0.5) is 27.3 Å². The molecule has 2 N–H and O–H groups in total. The fraction of sp³-hybridized carbons (Fsp3) is 0.192. The zero-order valence-corrected chi connectivity index (χ0v) is 20.0. The molecule has 4 rings (SSSR count). The fourth-order valence-corrected chi connectivity index (χ4v) is 3.67. The van der Waals surface area contributed by atoms with Crippen LogP contribution >= 0.6 is 0 Å². The molecule has 8 nitrogen and oxygen atoms in total. The number of hydrogen-bond donors (Lipinski definition) is 2. The Labute approximate surface area is 203 Å². The number of fused-ring (bicyclic) bond motifs is 1. The van der Waals surface area contributed by atoms with Crippen molar-refractivity contribution in [1.82, 2.24) is 19.3 Å². The first-order valence-corrected chi connectivity index (χ1v) is 11.1. The second-order valence-electron chi connectivity index (χ2n) is 8.45. The van der Waals surface area contributed by atoms with Gasteiger partial charge in [-0.25, -0.2) is 14.4 Å². The van der Waals surface area contributed by atoms with Gasteiger partial charge in [-0.1, -0.05) is 18.7 Å². The van der Waals surface area contributed by atoms with Crippen molar-refractivity contribution in [2.45, 2.75) is 0 Å². The third-order valence-corrected chi connectivity index (χ3v) is 5.53. The Bertz CT molecular complexity index is 1370. The highest BCUT2D eigenvalue weighted by Crippen LogP contribution is 2.31. The summed E-state index contributed by atoms with van der Waals surface area (Å²) in [4.78, 5) is 25.2. The normalized spacial score (nSPS) is 11.0. The molecule has 4 aromatic rings. The highest BCUT2D eigenvalue weighted by molar-refractivity contribution is 6.01. The van der Waals surface area contributed by atoms with Gasteiger partial charge in [0.25, 0.3) is 0 Å². The molecule has 0 unspecified atom stereocenters. The molecule has 1 amide bonds. The maximum absolute atomic E-state index is 13.8. The third kappa shape index (κ3) is 5.64. The van der Waals surface area contributed by atoms with Crippen molar-refractivity contribution in [3.05, 3.63) is 79.7 Å². The molecule has 0 aliphatic carbocycles. The zero-order chi connectivity index (χ0) is 24.9. The molecule has 2 heterocycles. The number of likely N-dealkylation sites (N-methyl/N-ethyl adjacent to an activating group) is 2. The molecule has 0 atom stereocenters. The molecule has 0 spiro atoms. The van der Waals surface area contributed by atoms with Crippen molar-refractivity contribution in [1.29, 1.82) is 0 Å². The van der Waals surface area contributed by atoms with Crippen LogP contribution in [0.1, 0.15) is 0 Å². The molecule has 2 aromatic heterocycles. The highest BCUT2D eigenvalue weighted by atomic mass is 19.1. The van der Waals surface area contributed by atoms with Gasteiger partial charge in [-0.3, -0.25) is 9.20 Å². The molecule has 0 saturated carbocycles. The number of amides is 1. The Morgan fingerprint density at radius 1 is 1.09 bits per heavy atom. The summed E-state index contributed by atoms with van der Waals surface area (Å²) in [6.45, 7) is 5.21. The molecule has 0 bridgehead atoms. The first-order chi connectivity index (χ1) is 16.8. The van der Waals surface area contributed by atoms with Crippen molar-refractivity contribution in [2.24, 2.45) is 0 Å². The largest absolute Gasteiger partial charge is 0.372 e. The minimum Gasteiger partial charge on any atom is -0.372 e. The van der Waals surface area contributed by atoms with E-state index in [0.717, 1.165) is 30.0 Å². The first-order valence-electron chi connectivity index (χ1n) is 11.1. The Kier molecular flexibility index (Phi) is 7.07. The number of hydrogen-bond acceptors (Lipinski definition) is 6. The highest BCUT2D eigenvalue weighted by Gasteiger charge is 2.13. The van der Waals surface area contributed by atoms with Crippen LogP contribution in [0.5, 0.6) is 0 Å². The van der Waals surface area contributed by atoms with Gasteiger partial charge < -0.3 is 20.4 Å². The van der Waals surface area contributed by atoms with Gasteiger partial charge in [0.2, 0.25) is 5.91 Å². The van der Waals surface area contributed by atoms with Crippen LogP contribution in [0.15, 0.2) is 73.8 Å². The molecular weight excluding hydrogens is 445 g/mol. The van der Waals surface area contributed by atoms with Crippen molar-refractivity contribution >= 4 is 34.3 Å². The lowest BCUT2D eigenvalue weighted by molar-refractivity contribution is -0.111. The van der Waals surface area contributed by atoms with Crippen LogP contribution in [0, 0.1) is 5.82 Å². The maximum atomic E-state index is 13.8. The average Bonchev–Trinajstić information content (AvgIpc) is 3.26. The number of anilines is 4. The number of imidazole rings is 1. The van der Waals surface area contributed by atoms with Gasteiger partial charge in [0, 0.05) is 37.5 Å². The average molecular weight is 474 g/mol. The fourth-order valence-electron chi connectivity index (χ4n) is 3.67. The van der Waals surface area contributed by atoms with E-state index in [-0.39, 0.29) is 11.7 Å². The molecule has 0 fully saturated rings. The van der Waals surface area contributed by atoms with E-state index in [1.165, 1.54) is 18.2 Å². The van der Waals surface area contributed by atoms with Gasteiger partial charge in [-0.05, 0) is 50.5 Å². The number of nitrogens with one attached hydrogen (secondary N) is 2. The molecule has 180 valence electrons. The Hall–Kier alpha value is -4.24. The van der Waals surface area contributed by atoms with Crippen molar-refractivity contribution in [2.75, 3.05) is 49.8 Å². The second kappa shape index (κ2) is 10.4. The van der Waals surface area contributed by atoms with E-state index in [1.807, 2.05) is 51.5 Å². The lowest BCUT2D eigenvalue weighted by Crippen LogP contribution is -2.29. The van der Waals surface area contributed by atoms with E-state index in [4.69, 9.17) is 0 Å². The number of aromatic nitrogens is 3. The summed E-state index contributed by atoms with van der Waals surface area (Å²) in [6, 6.07) is 13.9. The first kappa shape index (κ1) is 23.9. The lowest BCUT2D eigenvalue weighted by Gasteiger charge is -2.24. The van der Waals surface area contributed by atoms with E-state index >= 15 is 0 Å². The summed E-state index contributed by atoms with van der Waals surface area (Å²) in [7, 11) is 6.02. The minimum absolute atomic E-state index is 0.289. The quantitative estimate of drug-likeness (QED) is 0.351. The number of rotatable bonds is 9. The van der Waals surface area contributed by atoms with Crippen molar-refractivity contribution in [3.8, 4) is 11.3 Å². The standard InChI is InChI=1S/C26H28FN7O/c1-5-25(35)31-21-14-20(9-10-22(21)33(4)12-11-32(2)3)30-24-15-23-26(29-17-34(23)16-28-24)18-7-6-8-19(27)13-18/h5-10,13-17,30H,1,11-12H2,2-4H3,(H,31,35). The molecular formula is C26H28FN7O. The summed E-state index contributed by atoms with van der Waals surface area (Å²) in [6.07, 6.45) is 4.54. The predicted octanol–water partition coefficient (Wildman–Crippen LogP) is 4.40. The molecule has 2 aromatic carbocycles. The van der Waals surface area contributed by atoms with Gasteiger partial charge in [-0.2, -0.15) is 0 Å². The van der Waals surface area contributed by atoms with E-state index < -0.39 is 0 Å². The number of carbonyl (C=O) groups is 1. The van der Waals surface area contributed by atoms with Gasteiger partial charge >= 0.3 is 0 Å². The molecule has 35 heavy (non-hydrogen) atoms. The van der Waals surface area contributed by atoms with Crippen LogP contribution in [0.2, 0.25) is 0 Å². The zero-order valence-electron chi connectivity index (χ0n) is 20.0. The second-order valence-corrected chi connectivity index (χ2v) is 8.45. The number of nitrogens with zero attached hydrogens (tertiary/aromatic N) is 5. The Morgan fingerprint density at radius 3 is 2.63 bits per heavy atom. The van der Waals surface area contributed by atoms with Crippen molar-refractivity contribution in [3.63, 3.8) is 0 Å². The van der Waals surface area contributed by atoms with E-state index in [2.05, 4.69) is 37.0 Å². The summed E-state index contributed by atoms with van der Waals surface area (Å²) in [5.41, 5.74) is 4.43. The smallest absolute Gasteiger partial charge is 0.247 e. The van der Waals surface area contributed by atoms with E-state index in [1.54, 1.807) is 23.1 Å². The SMILES string of the molecule is C=CC(=O)Nc1cc(Nc2cc3c(-c4cccc(F)c4)ncn3cn2)ccc1N(C)CCN(C)C. The summed E-state index contributed by atoms with van der Waals surface area (Å²) >= 11 is 0. The van der Waals surface area contributed by atoms with Crippen molar-refractivity contribution < 1.29 is 9.18 Å². The Balaban J connectivity index is 1.64. The van der Waals surface area contributed by atoms with Crippen LogP contribution in [-0.4, -0.2) is 59.4 Å². The monoisotopic (exact) mass is 473 g/mol. The molecule has 0 radical (unpaired) electrons. The van der Waals surface area contributed by atoms with E-state index in [0.29, 0.717) is 22.8 Å². The number of benzene rings is 2. The summed E-state index contributed by atoms with van der Waals surface area (Å²) in [5.74, 6) is -0.0193. The van der Waals surface area contributed by atoms with Crippen LogP contribution < -0.4 is 15.5 Å². The van der Waals surface area contributed by atoms with Crippen LogP contribution in [0.3, 0.4) is 0 Å². The maximum Gasteiger partial charge on any atom is 0.247 e. The van der Waals surface area contributed by atoms with Gasteiger partial charge in [0.1, 0.15) is 24.3 Å². The third-order valence-electron chi connectivity index (χ3n) is 5.53. The van der Waals surface area contributed by atoms with Gasteiger partial charge in [0.05, 0.1) is 22.6 Å². The molecule has 9 heteroatoms. The van der Waals surface area contributed by atoms with E-state index in [9.17, 15) is 9.18 Å². The number of carbonyl (C=O) groups excluding carboxylic acids is 1. The number of halogens is 1. The Morgan fingerprint density at radius 2 is 1.89 bits per heavy atom. The minimum atomic E-state index is -0.319. The summed E-state index contributed by atoms with van der Waals surface area (Å²) < 4.78 is 15.5. The molecule has 0 aliphatic rings. The van der Waals surface area contributed by atoms with Gasteiger partial charge in [0.15, 0.2) is 0 Å². The molecule has 0 aliphatic heterocycles. The van der Waals surface area contributed by atoms with Crippen LogP contribution in [-0.2, 0) is 4.79 Å². The topological polar surface area (TPSA) is 77.8 Å². The van der Waals surface area contributed by atoms with Gasteiger partial charge in [-0.15, -0.1) is 0 Å². The predicted molar refractivity (Wildman–Crippen MR) is 139 cm³/mol. The molecule has 0 saturated heterocycles. The van der Waals surface area contributed by atoms with Crippen LogP contribution in [0.25, 0.3) is 16.8 Å². The summed E-state index contributed by atoms with van der Waals surface area (Å²) in [5, 5.41) is 6.19.